The Morgan fingerprint density at radius 2 is 1.64 bits per heavy atom. The van der Waals surface area contributed by atoms with E-state index in [-0.39, 0.29) is 0 Å². The van der Waals surface area contributed by atoms with Crippen molar-refractivity contribution in [2.24, 2.45) is 5.92 Å². The molecular formula is C22H28N6. The number of imidazole rings is 1. The number of rotatable bonds is 3. The second-order valence-electron chi connectivity index (χ2n) is 8.29. The van der Waals surface area contributed by atoms with Crippen molar-refractivity contribution >= 4 is 22.7 Å². The van der Waals surface area contributed by atoms with Crippen molar-refractivity contribution in [3.8, 4) is 0 Å². The number of H-pyrrole nitrogens is 1. The van der Waals surface area contributed by atoms with Gasteiger partial charge in [-0.25, -0.2) is 15.0 Å². The van der Waals surface area contributed by atoms with Gasteiger partial charge in [-0.05, 0) is 43.7 Å². The lowest BCUT2D eigenvalue weighted by Gasteiger charge is -2.37. The zero-order chi connectivity index (χ0) is 18.9. The summed E-state index contributed by atoms with van der Waals surface area (Å²) in [6.07, 6.45) is 8.54. The van der Waals surface area contributed by atoms with Crippen molar-refractivity contribution in [1.29, 1.82) is 0 Å². The molecule has 5 rings (SSSR count). The van der Waals surface area contributed by atoms with Crippen LogP contribution >= 0.6 is 0 Å². The molecule has 2 fully saturated rings. The van der Waals surface area contributed by atoms with Crippen LogP contribution in [0, 0.1) is 5.92 Å². The Labute approximate surface area is 166 Å². The Bertz CT molecular complexity index is 929. The quantitative estimate of drug-likeness (QED) is 0.749. The van der Waals surface area contributed by atoms with Crippen LogP contribution in [-0.4, -0.2) is 46.1 Å². The molecule has 4 heterocycles. The molecule has 28 heavy (non-hydrogen) atoms. The monoisotopic (exact) mass is 376 g/mol. The van der Waals surface area contributed by atoms with Crippen molar-refractivity contribution in [1.82, 2.24) is 19.9 Å². The predicted molar refractivity (Wildman–Crippen MR) is 113 cm³/mol. The van der Waals surface area contributed by atoms with E-state index in [2.05, 4.69) is 38.8 Å². The highest BCUT2D eigenvalue weighted by molar-refractivity contribution is 5.81. The van der Waals surface area contributed by atoms with Gasteiger partial charge in [0.2, 0.25) is 0 Å². The van der Waals surface area contributed by atoms with Crippen LogP contribution in [0.4, 0.5) is 11.6 Å². The van der Waals surface area contributed by atoms with Crippen molar-refractivity contribution in [3.05, 3.63) is 42.5 Å². The van der Waals surface area contributed by atoms with Gasteiger partial charge in [0, 0.05) is 44.5 Å². The number of benzene rings is 1. The number of para-hydroxylation sites is 2. The van der Waals surface area contributed by atoms with Crippen molar-refractivity contribution < 1.29 is 0 Å². The molecule has 1 aromatic carbocycles. The molecule has 3 aromatic rings. The summed E-state index contributed by atoms with van der Waals surface area (Å²) in [4.78, 5) is 22.9. The first-order valence-corrected chi connectivity index (χ1v) is 10.5. The number of fused-ring (bicyclic) bond motifs is 1. The zero-order valence-electron chi connectivity index (χ0n) is 16.5. The summed E-state index contributed by atoms with van der Waals surface area (Å²) in [6.45, 7) is 6.45. The molecule has 6 nitrogen and oxygen atoms in total. The van der Waals surface area contributed by atoms with Gasteiger partial charge in [-0.15, -0.1) is 0 Å². The lowest BCUT2D eigenvalue weighted by molar-refractivity contribution is 0.435. The van der Waals surface area contributed by atoms with Crippen LogP contribution in [0.2, 0.25) is 0 Å². The molecule has 2 aliphatic rings. The molecule has 1 unspecified atom stereocenters. The molecule has 0 amide bonds. The van der Waals surface area contributed by atoms with Gasteiger partial charge >= 0.3 is 0 Å². The molecule has 0 saturated carbocycles. The zero-order valence-corrected chi connectivity index (χ0v) is 16.5. The van der Waals surface area contributed by atoms with E-state index in [1.165, 1.54) is 19.3 Å². The Morgan fingerprint density at radius 1 is 0.929 bits per heavy atom. The Hall–Kier alpha value is -2.63. The smallest absolute Gasteiger partial charge is 0.172 e. The average Bonchev–Trinajstić information content (AvgIpc) is 3.29. The number of aromatic amines is 1. The fourth-order valence-corrected chi connectivity index (χ4v) is 4.52. The Balaban J connectivity index is 1.52. The van der Waals surface area contributed by atoms with Crippen LogP contribution in [0.15, 0.2) is 36.7 Å². The molecule has 2 saturated heterocycles. The summed E-state index contributed by atoms with van der Waals surface area (Å²) in [5, 5.41) is 0. The lowest BCUT2D eigenvalue weighted by atomic mass is 9.97. The Kier molecular flexibility index (Phi) is 4.63. The van der Waals surface area contributed by atoms with E-state index in [1.807, 2.05) is 24.5 Å². The summed E-state index contributed by atoms with van der Waals surface area (Å²) in [5.74, 6) is 4.42. The number of hydrogen-bond donors (Lipinski definition) is 1. The third-order valence-corrected chi connectivity index (χ3v) is 6.24. The first kappa shape index (κ1) is 17.5. The molecule has 0 bridgehead atoms. The molecule has 2 aliphatic heterocycles. The van der Waals surface area contributed by atoms with E-state index in [0.29, 0.717) is 5.92 Å². The normalized spacial score (nSPS) is 21.4. The van der Waals surface area contributed by atoms with Gasteiger partial charge < -0.3 is 14.8 Å². The van der Waals surface area contributed by atoms with Gasteiger partial charge in [0.05, 0.1) is 11.0 Å². The number of aromatic nitrogens is 4. The van der Waals surface area contributed by atoms with Crippen LogP contribution in [0.1, 0.15) is 44.3 Å². The minimum absolute atomic E-state index is 0.422. The van der Waals surface area contributed by atoms with Crippen molar-refractivity contribution in [2.45, 2.75) is 38.5 Å². The first-order chi connectivity index (χ1) is 13.8. The summed E-state index contributed by atoms with van der Waals surface area (Å²) in [5.41, 5.74) is 1.96. The second-order valence-corrected chi connectivity index (χ2v) is 8.29. The highest BCUT2D eigenvalue weighted by atomic mass is 15.3. The highest BCUT2D eigenvalue weighted by Gasteiger charge is 2.29. The van der Waals surface area contributed by atoms with Crippen LogP contribution in [0.25, 0.3) is 11.0 Å². The number of hydrogen-bond acceptors (Lipinski definition) is 5. The topological polar surface area (TPSA) is 60.9 Å². The maximum Gasteiger partial charge on any atom is 0.172 e. The second kappa shape index (κ2) is 7.41. The number of nitrogens with one attached hydrogen (secondary N) is 1. The summed E-state index contributed by atoms with van der Waals surface area (Å²) in [6, 6.07) is 8.24. The van der Waals surface area contributed by atoms with E-state index in [9.17, 15) is 0 Å². The van der Waals surface area contributed by atoms with Gasteiger partial charge in [-0.1, -0.05) is 19.1 Å². The van der Waals surface area contributed by atoms with Gasteiger partial charge in [0.15, 0.2) is 11.6 Å². The Morgan fingerprint density at radius 3 is 2.32 bits per heavy atom. The van der Waals surface area contributed by atoms with Crippen molar-refractivity contribution in [3.63, 3.8) is 0 Å². The van der Waals surface area contributed by atoms with Gasteiger partial charge in [0.25, 0.3) is 0 Å². The first-order valence-electron chi connectivity index (χ1n) is 10.5. The minimum atomic E-state index is 0.422. The molecule has 2 aromatic heterocycles. The van der Waals surface area contributed by atoms with Gasteiger partial charge in [-0.2, -0.15) is 0 Å². The minimum Gasteiger partial charge on any atom is -0.354 e. The molecular weight excluding hydrogens is 348 g/mol. The third kappa shape index (κ3) is 3.32. The van der Waals surface area contributed by atoms with E-state index in [0.717, 1.165) is 67.0 Å². The molecule has 0 aliphatic carbocycles. The van der Waals surface area contributed by atoms with Gasteiger partial charge in [-0.3, -0.25) is 0 Å². The van der Waals surface area contributed by atoms with E-state index in [1.54, 1.807) is 0 Å². The van der Waals surface area contributed by atoms with Crippen LogP contribution < -0.4 is 9.80 Å². The van der Waals surface area contributed by atoms with E-state index < -0.39 is 0 Å². The maximum atomic E-state index is 5.10. The maximum absolute atomic E-state index is 5.10. The predicted octanol–water partition coefficient (Wildman–Crippen LogP) is 3.97. The largest absolute Gasteiger partial charge is 0.354 e. The standard InChI is InChI=1S/C22H28N6/c1-16-8-13-27(14-9-16)21-22(26-19-7-3-2-6-18(19)25-21)28-12-4-5-17(15-28)20-23-10-11-24-20/h2-3,6-7,10-11,16-17H,4-5,8-9,12-15H2,1H3,(H,23,24). The molecule has 1 atom stereocenters. The summed E-state index contributed by atoms with van der Waals surface area (Å²) >= 11 is 0. The highest BCUT2D eigenvalue weighted by Crippen LogP contribution is 2.35. The number of piperidine rings is 2. The van der Waals surface area contributed by atoms with E-state index >= 15 is 0 Å². The number of nitrogens with zero attached hydrogens (tertiary/aromatic N) is 5. The van der Waals surface area contributed by atoms with Crippen LogP contribution in [-0.2, 0) is 0 Å². The molecule has 0 radical (unpaired) electrons. The fourth-order valence-electron chi connectivity index (χ4n) is 4.52. The van der Waals surface area contributed by atoms with Crippen LogP contribution in [0.5, 0.6) is 0 Å². The third-order valence-electron chi connectivity index (χ3n) is 6.24. The summed E-state index contributed by atoms with van der Waals surface area (Å²) < 4.78 is 0. The lowest BCUT2D eigenvalue weighted by Crippen LogP contribution is -2.39. The molecule has 146 valence electrons. The fraction of sp³-hybridized carbons (Fsp3) is 0.500. The van der Waals surface area contributed by atoms with Crippen molar-refractivity contribution in [2.75, 3.05) is 36.0 Å². The van der Waals surface area contributed by atoms with E-state index in [4.69, 9.17) is 9.97 Å². The molecule has 6 heteroatoms. The summed E-state index contributed by atoms with van der Waals surface area (Å²) in [7, 11) is 0. The van der Waals surface area contributed by atoms with Crippen LogP contribution in [0.3, 0.4) is 0 Å². The molecule has 1 N–H and O–H groups in total. The number of anilines is 2. The molecule has 0 spiro atoms. The SMILES string of the molecule is CC1CCN(c2nc3ccccc3nc2N2CCCC(c3ncc[nH]3)C2)CC1. The van der Waals surface area contributed by atoms with Gasteiger partial charge in [0.1, 0.15) is 5.82 Å². The average molecular weight is 377 g/mol.